The van der Waals surface area contributed by atoms with E-state index in [-0.39, 0.29) is 0 Å². The van der Waals surface area contributed by atoms with Gasteiger partial charge in [0.2, 0.25) is 0 Å². The molecule has 274 valence electrons. The fourth-order valence-electron chi connectivity index (χ4n) is 18.8. The van der Waals surface area contributed by atoms with Crippen LogP contribution in [0.25, 0.3) is 0 Å². The molecule has 8 fully saturated rings. The van der Waals surface area contributed by atoms with E-state index in [0.29, 0.717) is 10.8 Å². The van der Waals surface area contributed by atoms with Gasteiger partial charge in [0.1, 0.15) is 0 Å². The standard InChI is InChI=1S/C48H82/c1-9-30(10-2)33-25-34(31(11-3)12-4)28-48(27-33)42-24-23-41-45(43-35-18-14-13-17-32(35)21-22-40(43)47(41,7)8)44(42)39-26-38(29(5)6)36-19-15-16-20-37(36)46(39)48/h29-46H,9-28H2,1-8H3. The highest BCUT2D eigenvalue weighted by Gasteiger charge is 2.73. The summed E-state index contributed by atoms with van der Waals surface area (Å²) >= 11 is 0. The van der Waals surface area contributed by atoms with Crippen LogP contribution >= 0.6 is 0 Å². The summed E-state index contributed by atoms with van der Waals surface area (Å²) in [7, 11) is 0. The van der Waals surface area contributed by atoms with Crippen LogP contribution in [0.5, 0.6) is 0 Å². The summed E-state index contributed by atoms with van der Waals surface area (Å²) in [6.45, 7) is 21.3. The van der Waals surface area contributed by atoms with Crippen molar-refractivity contribution in [1.29, 1.82) is 0 Å². The van der Waals surface area contributed by atoms with Gasteiger partial charge in [-0.15, -0.1) is 0 Å². The van der Waals surface area contributed by atoms with Gasteiger partial charge in [0.25, 0.3) is 0 Å². The van der Waals surface area contributed by atoms with E-state index in [4.69, 9.17) is 0 Å². The molecule has 0 aromatic carbocycles. The molecule has 8 aliphatic rings. The Bertz CT molecular complexity index is 1070. The van der Waals surface area contributed by atoms with Crippen LogP contribution in [-0.4, -0.2) is 0 Å². The van der Waals surface area contributed by atoms with Gasteiger partial charge < -0.3 is 0 Å². The zero-order chi connectivity index (χ0) is 33.5. The van der Waals surface area contributed by atoms with Crippen LogP contribution in [0.4, 0.5) is 0 Å². The third-order valence-electron chi connectivity index (χ3n) is 20.3. The first-order valence-electron chi connectivity index (χ1n) is 23.2. The topological polar surface area (TPSA) is 0 Å². The predicted molar refractivity (Wildman–Crippen MR) is 205 cm³/mol. The van der Waals surface area contributed by atoms with E-state index in [9.17, 15) is 0 Å². The predicted octanol–water partition coefficient (Wildman–Crippen LogP) is 14.1. The molecule has 0 bridgehead atoms. The van der Waals surface area contributed by atoms with Crippen LogP contribution < -0.4 is 0 Å². The van der Waals surface area contributed by atoms with Gasteiger partial charge >= 0.3 is 0 Å². The van der Waals surface area contributed by atoms with E-state index in [0.717, 1.165) is 107 Å². The van der Waals surface area contributed by atoms with Crippen molar-refractivity contribution in [2.75, 3.05) is 0 Å². The van der Waals surface area contributed by atoms with E-state index in [1.54, 1.807) is 103 Å². The zero-order valence-electron chi connectivity index (χ0n) is 33.5. The fraction of sp³-hybridized carbons (Fsp3) is 1.00. The molecule has 8 aliphatic carbocycles. The maximum Gasteiger partial charge on any atom is -0.0227 e. The Kier molecular flexibility index (Phi) is 9.82. The summed E-state index contributed by atoms with van der Waals surface area (Å²) in [5.41, 5.74) is 1.25. The van der Waals surface area contributed by atoms with Crippen LogP contribution in [0.3, 0.4) is 0 Å². The number of fused-ring (bicyclic) bond motifs is 13. The molecule has 8 rings (SSSR count). The van der Waals surface area contributed by atoms with Crippen LogP contribution in [-0.2, 0) is 0 Å². The second-order valence-corrected chi connectivity index (χ2v) is 21.7. The Labute approximate surface area is 300 Å². The summed E-state index contributed by atoms with van der Waals surface area (Å²) in [6.07, 6.45) is 31.3. The van der Waals surface area contributed by atoms with Crippen molar-refractivity contribution in [3.8, 4) is 0 Å². The number of hydrogen-bond donors (Lipinski definition) is 0. The molecule has 0 nitrogen and oxygen atoms in total. The fourth-order valence-corrected chi connectivity index (χ4v) is 18.8. The quantitative estimate of drug-likeness (QED) is 0.255. The van der Waals surface area contributed by atoms with Crippen molar-refractivity contribution in [1.82, 2.24) is 0 Å². The largest absolute Gasteiger partial charge is 0.0651 e. The first-order valence-corrected chi connectivity index (χ1v) is 23.2. The SMILES string of the molecule is CCC(CC)C1CC(C(CC)CC)CC2(C1)C1CCC3C(C4C5CCCCC5CCC4C3(C)C)C1C1CC(C(C)C)C3CCCCC3C12. The van der Waals surface area contributed by atoms with Crippen molar-refractivity contribution >= 4 is 0 Å². The first kappa shape index (κ1) is 35.1. The van der Waals surface area contributed by atoms with Gasteiger partial charge in [-0.05, 0) is 188 Å². The second-order valence-electron chi connectivity index (χ2n) is 21.7. The molecule has 48 heavy (non-hydrogen) atoms. The van der Waals surface area contributed by atoms with Crippen molar-refractivity contribution < 1.29 is 0 Å². The highest BCUT2D eigenvalue weighted by molar-refractivity contribution is 5.21. The lowest BCUT2D eigenvalue weighted by Gasteiger charge is -2.59. The molecule has 0 aromatic heterocycles. The van der Waals surface area contributed by atoms with E-state index in [2.05, 4.69) is 55.4 Å². The Hall–Kier alpha value is 0. The molecule has 0 heteroatoms. The summed E-state index contributed by atoms with van der Waals surface area (Å²) in [6, 6.07) is 0. The van der Waals surface area contributed by atoms with E-state index >= 15 is 0 Å². The molecule has 15 unspecified atom stereocenters. The second kappa shape index (κ2) is 13.4. The highest BCUT2D eigenvalue weighted by atomic mass is 14.8. The lowest BCUT2D eigenvalue weighted by Crippen LogP contribution is -2.51. The molecule has 0 N–H and O–H groups in total. The minimum absolute atomic E-state index is 0.579. The van der Waals surface area contributed by atoms with E-state index in [1.165, 1.54) is 25.7 Å². The lowest BCUT2D eigenvalue weighted by atomic mass is 9.46. The van der Waals surface area contributed by atoms with Crippen LogP contribution in [0.15, 0.2) is 0 Å². The Balaban J connectivity index is 1.28. The van der Waals surface area contributed by atoms with Crippen LogP contribution in [0, 0.1) is 117 Å². The minimum atomic E-state index is 0.579. The highest BCUT2D eigenvalue weighted by Crippen LogP contribution is 2.79. The van der Waals surface area contributed by atoms with Crippen molar-refractivity contribution in [3.63, 3.8) is 0 Å². The van der Waals surface area contributed by atoms with Gasteiger partial charge in [-0.3, -0.25) is 0 Å². The van der Waals surface area contributed by atoms with Crippen LogP contribution in [0.1, 0.15) is 184 Å². The van der Waals surface area contributed by atoms with E-state index < -0.39 is 0 Å². The maximum absolute atomic E-state index is 2.84. The normalized spacial score (nSPS) is 50.9. The molecule has 8 saturated carbocycles. The smallest absolute Gasteiger partial charge is 0.0227 e. The first-order chi connectivity index (χ1) is 23.2. The molecule has 0 aromatic rings. The summed E-state index contributed by atoms with van der Waals surface area (Å²) in [5.74, 6) is 18.7. The van der Waals surface area contributed by atoms with Gasteiger partial charge in [-0.2, -0.15) is 0 Å². The average molecular weight is 659 g/mol. The molecular formula is C48H82. The molecule has 0 amide bonds. The molecule has 1 spiro atoms. The van der Waals surface area contributed by atoms with Crippen molar-refractivity contribution in [3.05, 3.63) is 0 Å². The average Bonchev–Trinajstić information content (AvgIpc) is 3.50. The molecular weight excluding hydrogens is 577 g/mol. The third kappa shape index (κ3) is 5.19. The monoisotopic (exact) mass is 659 g/mol. The summed E-state index contributed by atoms with van der Waals surface area (Å²) in [5, 5.41) is 0. The van der Waals surface area contributed by atoms with Gasteiger partial charge in [0.05, 0.1) is 0 Å². The Morgan fingerprint density at radius 2 is 1.04 bits per heavy atom. The molecule has 0 heterocycles. The molecule has 0 aliphatic heterocycles. The summed E-state index contributed by atoms with van der Waals surface area (Å²) < 4.78 is 0. The molecule has 0 radical (unpaired) electrons. The zero-order valence-corrected chi connectivity index (χ0v) is 33.5. The lowest BCUT2D eigenvalue weighted by molar-refractivity contribution is -0.0978. The van der Waals surface area contributed by atoms with Gasteiger partial charge in [-0.25, -0.2) is 0 Å². The molecule has 0 saturated heterocycles. The number of rotatable bonds is 7. The third-order valence-corrected chi connectivity index (χ3v) is 20.3. The van der Waals surface area contributed by atoms with Crippen molar-refractivity contribution in [2.45, 2.75) is 184 Å². The Morgan fingerprint density at radius 1 is 0.521 bits per heavy atom. The van der Waals surface area contributed by atoms with Gasteiger partial charge in [0.15, 0.2) is 0 Å². The van der Waals surface area contributed by atoms with Gasteiger partial charge in [-0.1, -0.05) is 113 Å². The van der Waals surface area contributed by atoms with Gasteiger partial charge in [0, 0.05) is 0 Å². The van der Waals surface area contributed by atoms with Crippen LogP contribution in [0.2, 0.25) is 0 Å². The van der Waals surface area contributed by atoms with E-state index in [1.807, 2.05) is 0 Å². The minimum Gasteiger partial charge on any atom is -0.0651 e. The number of hydrogen-bond acceptors (Lipinski definition) is 0. The Morgan fingerprint density at radius 3 is 1.67 bits per heavy atom. The van der Waals surface area contributed by atoms with Crippen molar-refractivity contribution in [2.24, 2.45) is 117 Å². The maximum atomic E-state index is 2.84. The summed E-state index contributed by atoms with van der Waals surface area (Å²) in [4.78, 5) is 0. The molecule has 15 atom stereocenters.